The molecule has 3 unspecified atom stereocenters. The minimum atomic E-state index is -1.31. The second-order valence-corrected chi connectivity index (χ2v) is 8.53. The highest BCUT2D eigenvalue weighted by Gasteiger charge is 2.54. The van der Waals surface area contributed by atoms with Crippen LogP contribution in [0, 0.1) is 0 Å². The van der Waals surface area contributed by atoms with Crippen LogP contribution < -0.4 is 5.32 Å². The summed E-state index contributed by atoms with van der Waals surface area (Å²) in [6.07, 6.45) is 3.57. The predicted molar refractivity (Wildman–Crippen MR) is 116 cm³/mol. The van der Waals surface area contributed by atoms with E-state index in [-0.39, 0.29) is 37.5 Å². The van der Waals surface area contributed by atoms with Gasteiger partial charge < -0.3 is 24.5 Å². The molecule has 2 aliphatic heterocycles. The number of carbonyl (C=O) groups excluding carboxylic acids is 4. The lowest BCUT2D eigenvalue weighted by atomic mass is 10.0. The maximum Gasteiger partial charge on any atom is 0.352 e. The SMILES string of the molecule is CCOC(=O)CCC(C(=O)NC1C(=O)N2C(C(=O)O)=C(COC(C)=O)CSC12)n1cccc1. The van der Waals surface area contributed by atoms with E-state index in [2.05, 4.69) is 5.32 Å². The lowest BCUT2D eigenvalue weighted by Crippen LogP contribution is -2.71. The van der Waals surface area contributed by atoms with E-state index in [4.69, 9.17) is 9.47 Å². The lowest BCUT2D eigenvalue weighted by Gasteiger charge is -2.49. The van der Waals surface area contributed by atoms with E-state index in [0.29, 0.717) is 5.57 Å². The van der Waals surface area contributed by atoms with Crippen molar-refractivity contribution >= 4 is 41.5 Å². The van der Waals surface area contributed by atoms with Crippen molar-refractivity contribution < 1.29 is 38.6 Å². The average molecular weight is 480 g/mol. The summed E-state index contributed by atoms with van der Waals surface area (Å²) in [6, 6.07) is 1.83. The minimum absolute atomic E-state index is 0.0262. The lowest BCUT2D eigenvalue weighted by molar-refractivity contribution is -0.151. The Balaban J connectivity index is 1.71. The number of nitrogens with one attached hydrogen (secondary N) is 1. The van der Waals surface area contributed by atoms with Gasteiger partial charge in [-0.25, -0.2) is 4.79 Å². The van der Waals surface area contributed by atoms with Crippen LogP contribution in [-0.2, 0) is 33.4 Å². The van der Waals surface area contributed by atoms with Crippen molar-refractivity contribution in [3.05, 3.63) is 35.8 Å². The van der Waals surface area contributed by atoms with E-state index in [9.17, 15) is 29.1 Å². The Bertz CT molecular complexity index is 974. The molecule has 2 aliphatic rings. The summed E-state index contributed by atoms with van der Waals surface area (Å²) in [5.41, 5.74) is 0.0940. The number of carboxylic acid groups (broad SMARTS) is 1. The van der Waals surface area contributed by atoms with Crippen molar-refractivity contribution in [2.24, 2.45) is 0 Å². The van der Waals surface area contributed by atoms with Gasteiger partial charge in [0, 0.05) is 37.1 Å². The number of β-lactam (4-membered cyclic amide) rings is 1. The monoisotopic (exact) mass is 479 g/mol. The molecule has 3 atom stereocenters. The first-order valence-electron chi connectivity index (χ1n) is 10.4. The quantitative estimate of drug-likeness (QED) is 0.365. The second-order valence-electron chi connectivity index (χ2n) is 7.42. The number of aromatic nitrogens is 1. The van der Waals surface area contributed by atoms with Gasteiger partial charge in [-0.05, 0) is 25.5 Å². The van der Waals surface area contributed by atoms with Crippen molar-refractivity contribution in [2.75, 3.05) is 19.0 Å². The number of carbonyl (C=O) groups is 5. The molecular weight excluding hydrogens is 454 g/mol. The Labute approximate surface area is 194 Å². The van der Waals surface area contributed by atoms with Crippen LogP contribution in [0.25, 0.3) is 0 Å². The van der Waals surface area contributed by atoms with Gasteiger partial charge in [-0.15, -0.1) is 11.8 Å². The molecule has 3 rings (SSSR count). The summed E-state index contributed by atoms with van der Waals surface area (Å²) in [6.45, 7) is 2.93. The van der Waals surface area contributed by atoms with Crippen LogP contribution >= 0.6 is 11.8 Å². The molecule has 178 valence electrons. The van der Waals surface area contributed by atoms with Crippen molar-refractivity contribution in [3.63, 3.8) is 0 Å². The van der Waals surface area contributed by atoms with Gasteiger partial charge in [0.05, 0.1) is 6.61 Å². The first kappa shape index (κ1) is 24.4. The summed E-state index contributed by atoms with van der Waals surface area (Å²) in [7, 11) is 0. The Hall–Kier alpha value is -3.28. The molecule has 12 heteroatoms. The number of fused-ring (bicyclic) bond motifs is 1. The van der Waals surface area contributed by atoms with Crippen LogP contribution in [0.15, 0.2) is 35.8 Å². The van der Waals surface area contributed by atoms with Crippen molar-refractivity contribution in [3.8, 4) is 0 Å². The standard InChI is InChI=1S/C21H25N3O8S/c1-3-31-15(26)7-6-14(23-8-4-5-9-23)18(27)22-16-19(28)24-17(21(29)30)13(10-32-12(2)25)11-33-20(16)24/h4-5,8-9,14,16,20H,3,6-7,10-11H2,1-2H3,(H,22,27)(H,29,30). The highest BCUT2D eigenvalue weighted by molar-refractivity contribution is 8.00. The van der Waals surface area contributed by atoms with Crippen LogP contribution in [0.3, 0.4) is 0 Å². The Kier molecular flexibility index (Phi) is 7.79. The van der Waals surface area contributed by atoms with Crippen LogP contribution in [0.2, 0.25) is 0 Å². The topological polar surface area (TPSA) is 144 Å². The van der Waals surface area contributed by atoms with Gasteiger partial charge in [-0.3, -0.25) is 24.1 Å². The summed E-state index contributed by atoms with van der Waals surface area (Å²) in [5.74, 6) is -3.07. The van der Waals surface area contributed by atoms with E-state index in [1.165, 1.54) is 18.7 Å². The molecule has 3 heterocycles. The molecule has 0 aliphatic carbocycles. The largest absolute Gasteiger partial charge is 0.477 e. The fraction of sp³-hybridized carbons (Fsp3) is 0.476. The van der Waals surface area contributed by atoms with Gasteiger partial charge in [-0.2, -0.15) is 0 Å². The number of ether oxygens (including phenoxy) is 2. The number of amides is 2. The van der Waals surface area contributed by atoms with E-state index >= 15 is 0 Å². The molecule has 33 heavy (non-hydrogen) atoms. The summed E-state index contributed by atoms with van der Waals surface area (Å²) < 4.78 is 11.5. The zero-order valence-electron chi connectivity index (χ0n) is 18.2. The molecule has 11 nitrogen and oxygen atoms in total. The molecule has 0 saturated carbocycles. The zero-order valence-corrected chi connectivity index (χ0v) is 19.0. The number of hydrogen-bond donors (Lipinski definition) is 2. The number of carboxylic acids is 1. The van der Waals surface area contributed by atoms with Crippen LogP contribution in [0.5, 0.6) is 0 Å². The van der Waals surface area contributed by atoms with Gasteiger partial charge in [-0.1, -0.05) is 0 Å². The van der Waals surface area contributed by atoms with Crippen molar-refractivity contribution in [1.29, 1.82) is 0 Å². The van der Waals surface area contributed by atoms with Crippen LogP contribution in [0.1, 0.15) is 32.7 Å². The third-order valence-electron chi connectivity index (χ3n) is 5.21. The second kappa shape index (κ2) is 10.6. The highest BCUT2D eigenvalue weighted by atomic mass is 32.2. The fourth-order valence-corrected chi connectivity index (χ4v) is 5.02. The molecule has 1 aromatic rings. The highest BCUT2D eigenvalue weighted by Crippen LogP contribution is 2.40. The summed E-state index contributed by atoms with van der Waals surface area (Å²) in [4.78, 5) is 61.6. The van der Waals surface area contributed by atoms with Crippen molar-refractivity contribution in [2.45, 2.75) is 44.1 Å². The molecule has 1 saturated heterocycles. The van der Waals surface area contributed by atoms with E-state index < -0.39 is 47.2 Å². The molecular formula is C21H25N3O8S. The number of rotatable bonds is 10. The molecule has 2 amide bonds. The first-order valence-corrected chi connectivity index (χ1v) is 11.4. The van der Waals surface area contributed by atoms with E-state index in [0.717, 1.165) is 4.90 Å². The van der Waals surface area contributed by atoms with Crippen LogP contribution in [0.4, 0.5) is 0 Å². The van der Waals surface area contributed by atoms with Gasteiger partial charge in [0.2, 0.25) is 5.91 Å². The van der Waals surface area contributed by atoms with Gasteiger partial charge in [0.15, 0.2) is 0 Å². The molecule has 1 fully saturated rings. The molecule has 0 bridgehead atoms. The number of thioether (sulfide) groups is 1. The molecule has 2 N–H and O–H groups in total. The number of nitrogens with zero attached hydrogens (tertiary/aromatic N) is 2. The maximum absolute atomic E-state index is 13.0. The van der Waals surface area contributed by atoms with Crippen molar-refractivity contribution in [1.82, 2.24) is 14.8 Å². The zero-order chi connectivity index (χ0) is 24.1. The Morgan fingerprint density at radius 1 is 1.24 bits per heavy atom. The van der Waals surface area contributed by atoms with E-state index in [1.54, 1.807) is 36.0 Å². The third kappa shape index (κ3) is 5.38. The van der Waals surface area contributed by atoms with E-state index in [1.807, 2.05) is 0 Å². The minimum Gasteiger partial charge on any atom is -0.477 e. The molecule has 0 aromatic carbocycles. The smallest absolute Gasteiger partial charge is 0.352 e. The first-order chi connectivity index (χ1) is 15.7. The third-order valence-corrected chi connectivity index (χ3v) is 6.55. The molecule has 0 radical (unpaired) electrons. The molecule has 1 aromatic heterocycles. The van der Waals surface area contributed by atoms with Gasteiger partial charge >= 0.3 is 17.9 Å². The fourth-order valence-electron chi connectivity index (χ4n) is 3.69. The number of hydrogen-bond acceptors (Lipinski definition) is 8. The number of aliphatic carboxylic acids is 1. The van der Waals surface area contributed by atoms with Gasteiger partial charge in [0.1, 0.15) is 29.8 Å². The van der Waals surface area contributed by atoms with Crippen LogP contribution in [-0.4, -0.2) is 74.7 Å². The predicted octanol–water partition coefficient (Wildman–Crippen LogP) is 0.674. The Morgan fingerprint density at radius 2 is 1.94 bits per heavy atom. The number of esters is 2. The van der Waals surface area contributed by atoms with Gasteiger partial charge in [0.25, 0.3) is 5.91 Å². The average Bonchev–Trinajstić information content (AvgIpc) is 3.29. The summed E-state index contributed by atoms with van der Waals surface area (Å²) in [5, 5.41) is 11.7. The summed E-state index contributed by atoms with van der Waals surface area (Å²) >= 11 is 1.28. The normalized spacial score (nSPS) is 20.4. The Morgan fingerprint density at radius 3 is 2.55 bits per heavy atom. The maximum atomic E-state index is 13.0. The molecule has 0 spiro atoms.